The van der Waals surface area contributed by atoms with Gasteiger partial charge < -0.3 is 14.7 Å². The number of hydrogen-bond acceptors (Lipinski definition) is 8. The van der Waals surface area contributed by atoms with Gasteiger partial charge in [-0.1, -0.05) is 25.6 Å². The zero-order valence-electron chi connectivity index (χ0n) is 23.5. The van der Waals surface area contributed by atoms with E-state index >= 15 is 0 Å². The Balaban J connectivity index is 0.00000405. The highest BCUT2D eigenvalue weighted by Crippen LogP contribution is 2.29. The van der Waals surface area contributed by atoms with Crippen molar-refractivity contribution in [1.29, 1.82) is 5.26 Å². The number of amides is 1. The number of rotatable bonds is 6. The minimum Gasteiger partial charge on any atom is -0.370 e. The van der Waals surface area contributed by atoms with Gasteiger partial charge in [-0.15, -0.1) is 0 Å². The van der Waals surface area contributed by atoms with E-state index in [-0.39, 0.29) is 18.2 Å². The molecule has 5 rings (SSSR count). The Morgan fingerprint density at radius 1 is 1.00 bits per heavy atom. The largest absolute Gasteiger partial charge is 0.370 e. The number of para-hydroxylation sites is 1. The van der Waals surface area contributed by atoms with E-state index in [9.17, 15) is 18.5 Å². The molecule has 2 aromatic heterocycles. The van der Waals surface area contributed by atoms with Crippen LogP contribution in [0.1, 0.15) is 53.1 Å². The lowest BCUT2D eigenvalue weighted by Gasteiger charge is -2.36. The summed E-state index contributed by atoms with van der Waals surface area (Å²) < 4.78 is 24.1. The molecule has 2 saturated heterocycles. The third-order valence-corrected chi connectivity index (χ3v) is 9.03. The molecule has 2 fully saturated rings. The van der Waals surface area contributed by atoms with E-state index in [0.29, 0.717) is 49.2 Å². The summed E-state index contributed by atoms with van der Waals surface area (Å²) in [5.74, 6) is 0.655. The first-order chi connectivity index (χ1) is 19.7. The maximum absolute atomic E-state index is 13.6. The van der Waals surface area contributed by atoms with Crippen LogP contribution in [0.5, 0.6) is 0 Å². The molecular formula is C31H39N7O3S. The standard InChI is InChI=1S/C30H35N7O3S.CH4/c1-21-18-22(2)28(30(38)37-16-14-36(15-17-37)29-27(41(32,39)40)8-5-11-33-29)34-25(21)19-23-9-12-35(13-10-23)26-7-4-3-6-24(26)20-31;/h3-8,11,18,23H,9-10,12-17,19H2,1-2H3,(H2,32,39,40);1H4. The van der Waals surface area contributed by atoms with Crippen molar-refractivity contribution in [2.24, 2.45) is 11.1 Å². The number of anilines is 2. The molecule has 1 aromatic carbocycles. The van der Waals surface area contributed by atoms with Gasteiger partial charge in [-0.3, -0.25) is 4.79 Å². The Bertz CT molecular complexity index is 1590. The summed E-state index contributed by atoms with van der Waals surface area (Å²) in [6, 6.07) is 15.1. The average Bonchev–Trinajstić information content (AvgIpc) is 2.98. The molecule has 0 unspecified atom stereocenters. The van der Waals surface area contributed by atoms with E-state index in [0.717, 1.165) is 54.9 Å². The zero-order chi connectivity index (χ0) is 29.1. The Morgan fingerprint density at radius 2 is 1.69 bits per heavy atom. The predicted octanol–water partition coefficient (Wildman–Crippen LogP) is 3.67. The van der Waals surface area contributed by atoms with Crippen molar-refractivity contribution in [1.82, 2.24) is 14.9 Å². The van der Waals surface area contributed by atoms with Gasteiger partial charge >= 0.3 is 0 Å². The molecule has 2 aliphatic heterocycles. The number of nitrogens with zero attached hydrogens (tertiary/aromatic N) is 6. The van der Waals surface area contributed by atoms with Crippen LogP contribution in [0.3, 0.4) is 0 Å². The molecule has 222 valence electrons. The third kappa shape index (κ3) is 6.55. The fourth-order valence-electron chi connectivity index (χ4n) is 5.82. The van der Waals surface area contributed by atoms with Crippen LogP contribution in [0.4, 0.5) is 11.5 Å². The number of nitrogens with two attached hydrogens (primary N) is 1. The number of pyridine rings is 2. The van der Waals surface area contributed by atoms with Crippen molar-refractivity contribution < 1.29 is 13.2 Å². The molecule has 0 spiro atoms. The number of aromatic nitrogens is 2. The molecular weight excluding hydrogens is 550 g/mol. The van der Waals surface area contributed by atoms with E-state index in [1.807, 2.05) is 36.1 Å². The van der Waals surface area contributed by atoms with Crippen molar-refractivity contribution in [2.75, 3.05) is 49.1 Å². The van der Waals surface area contributed by atoms with E-state index < -0.39 is 10.0 Å². The van der Waals surface area contributed by atoms with Crippen LogP contribution >= 0.6 is 0 Å². The lowest BCUT2D eigenvalue weighted by Crippen LogP contribution is -2.49. The molecule has 10 nitrogen and oxygen atoms in total. The first kappa shape index (κ1) is 30.9. The summed E-state index contributed by atoms with van der Waals surface area (Å²) in [6.45, 7) is 7.47. The van der Waals surface area contributed by atoms with Gasteiger partial charge in [0.1, 0.15) is 22.5 Å². The summed E-state index contributed by atoms with van der Waals surface area (Å²) in [7, 11) is -3.91. The van der Waals surface area contributed by atoms with Crippen LogP contribution in [0, 0.1) is 31.1 Å². The van der Waals surface area contributed by atoms with Gasteiger partial charge in [0.25, 0.3) is 5.91 Å². The lowest BCUT2D eigenvalue weighted by atomic mass is 9.90. The number of hydrogen-bond donors (Lipinski definition) is 1. The number of sulfonamides is 1. The maximum Gasteiger partial charge on any atom is 0.272 e. The highest BCUT2D eigenvalue weighted by Gasteiger charge is 2.29. The molecule has 4 heterocycles. The van der Waals surface area contributed by atoms with Gasteiger partial charge in [0.05, 0.1) is 11.3 Å². The number of piperidine rings is 1. The Kier molecular flexibility index (Phi) is 9.49. The SMILES string of the molecule is C.Cc1cc(C)c(C(=O)N2CCN(c3ncccc3S(N)(=O)=O)CC2)nc1CC1CCN(c2ccccc2C#N)CC1. The van der Waals surface area contributed by atoms with Crippen molar-refractivity contribution in [3.63, 3.8) is 0 Å². The highest BCUT2D eigenvalue weighted by molar-refractivity contribution is 7.89. The number of aryl methyl sites for hydroxylation is 2. The van der Waals surface area contributed by atoms with Gasteiger partial charge in [0.2, 0.25) is 10.0 Å². The normalized spacial score (nSPS) is 16.1. The molecule has 2 N–H and O–H groups in total. The van der Waals surface area contributed by atoms with Crippen molar-refractivity contribution in [3.05, 3.63) is 76.7 Å². The third-order valence-electron chi connectivity index (χ3n) is 8.10. The van der Waals surface area contributed by atoms with Crippen molar-refractivity contribution >= 4 is 27.4 Å². The molecule has 0 aliphatic carbocycles. The fraction of sp³-hybridized carbons (Fsp3) is 0.419. The lowest BCUT2D eigenvalue weighted by molar-refractivity contribution is 0.0739. The van der Waals surface area contributed by atoms with Gasteiger partial charge in [-0.25, -0.2) is 23.5 Å². The van der Waals surface area contributed by atoms with Crippen LogP contribution < -0.4 is 14.9 Å². The molecule has 0 radical (unpaired) electrons. The Labute approximate surface area is 248 Å². The van der Waals surface area contributed by atoms with E-state index in [1.165, 1.54) is 12.3 Å². The van der Waals surface area contributed by atoms with Crippen LogP contribution in [0.15, 0.2) is 53.6 Å². The van der Waals surface area contributed by atoms with Crippen LogP contribution in [-0.2, 0) is 16.4 Å². The van der Waals surface area contributed by atoms with Gasteiger partial charge in [0, 0.05) is 51.2 Å². The second-order valence-corrected chi connectivity index (χ2v) is 12.4. The Morgan fingerprint density at radius 3 is 2.36 bits per heavy atom. The second-order valence-electron chi connectivity index (χ2n) is 10.8. The maximum atomic E-state index is 13.6. The molecule has 2 aliphatic rings. The molecule has 0 saturated carbocycles. The first-order valence-corrected chi connectivity index (χ1v) is 15.4. The highest BCUT2D eigenvalue weighted by atomic mass is 32.2. The molecule has 42 heavy (non-hydrogen) atoms. The number of primary sulfonamides is 1. The van der Waals surface area contributed by atoms with E-state index in [1.54, 1.807) is 11.0 Å². The van der Waals surface area contributed by atoms with Crippen LogP contribution in [0.25, 0.3) is 0 Å². The van der Waals surface area contributed by atoms with Gasteiger partial charge in [-0.05, 0) is 74.4 Å². The molecule has 0 bridgehead atoms. The van der Waals surface area contributed by atoms with Gasteiger partial charge in [-0.2, -0.15) is 5.26 Å². The quantitative estimate of drug-likeness (QED) is 0.460. The zero-order valence-corrected chi connectivity index (χ0v) is 24.3. The average molecular weight is 590 g/mol. The predicted molar refractivity (Wildman–Crippen MR) is 164 cm³/mol. The molecule has 11 heteroatoms. The van der Waals surface area contributed by atoms with E-state index in [4.69, 9.17) is 10.1 Å². The summed E-state index contributed by atoms with van der Waals surface area (Å²) in [5, 5.41) is 14.9. The number of nitriles is 1. The second kappa shape index (κ2) is 12.9. The first-order valence-electron chi connectivity index (χ1n) is 13.9. The minimum absolute atomic E-state index is 0. The number of carbonyl (C=O) groups excluding carboxylic acids is 1. The molecule has 1 amide bonds. The monoisotopic (exact) mass is 589 g/mol. The number of piperazine rings is 1. The Hall–Kier alpha value is -4.01. The summed E-state index contributed by atoms with van der Waals surface area (Å²) in [4.78, 5) is 28.6. The van der Waals surface area contributed by atoms with Crippen molar-refractivity contribution in [3.8, 4) is 6.07 Å². The fourth-order valence-corrected chi connectivity index (χ4v) is 6.52. The summed E-state index contributed by atoms with van der Waals surface area (Å²) in [5.41, 5.74) is 5.07. The summed E-state index contributed by atoms with van der Waals surface area (Å²) in [6.07, 6.45) is 4.34. The molecule has 0 atom stereocenters. The van der Waals surface area contributed by atoms with Crippen molar-refractivity contribution in [2.45, 2.75) is 45.4 Å². The van der Waals surface area contributed by atoms with Gasteiger partial charge in [0.15, 0.2) is 0 Å². The topological polar surface area (TPSA) is 137 Å². The smallest absolute Gasteiger partial charge is 0.272 e. The number of benzene rings is 1. The summed E-state index contributed by atoms with van der Waals surface area (Å²) >= 11 is 0. The minimum atomic E-state index is -3.91. The number of carbonyl (C=O) groups is 1. The van der Waals surface area contributed by atoms with E-state index in [2.05, 4.69) is 28.9 Å². The van der Waals surface area contributed by atoms with Crippen LogP contribution in [-0.4, -0.2) is 68.5 Å². The molecule has 3 aromatic rings. The van der Waals surface area contributed by atoms with Crippen LogP contribution in [0.2, 0.25) is 0 Å².